The van der Waals surface area contributed by atoms with E-state index < -0.39 is 11.2 Å². The lowest BCUT2D eigenvalue weighted by Crippen LogP contribution is -2.36. The summed E-state index contributed by atoms with van der Waals surface area (Å²) in [4.78, 5) is 45.5. The van der Waals surface area contributed by atoms with Crippen LogP contribution in [-0.4, -0.2) is 49.5 Å². The number of likely N-dealkylation sites (N-methyl/N-ethyl adjacent to an activating group) is 1. The Hall–Kier alpha value is -2.42. The maximum absolute atomic E-state index is 12.4. The van der Waals surface area contributed by atoms with Gasteiger partial charge in [0, 0.05) is 19.1 Å². The lowest BCUT2D eigenvalue weighted by Gasteiger charge is -2.16. The molecular weight excluding hydrogens is 348 g/mol. The Morgan fingerprint density at radius 3 is 2.67 bits per heavy atom. The summed E-state index contributed by atoms with van der Waals surface area (Å²) in [5.74, 6) is 0.674. The lowest BCUT2D eigenvalue weighted by atomic mass is 10.3. The molecule has 0 atom stereocenters. The molecule has 0 bridgehead atoms. The predicted octanol–water partition coefficient (Wildman–Crippen LogP) is 0.417. The fourth-order valence-electron chi connectivity index (χ4n) is 3.25. The van der Waals surface area contributed by atoms with Gasteiger partial charge in [0.1, 0.15) is 5.82 Å². The second-order valence-corrected chi connectivity index (χ2v) is 7.22. The number of carbonyl (C=O) groups excluding carboxylic acids is 1. The number of imidazole rings is 1. The molecule has 0 aromatic carbocycles. The molecule has 1 saturated carbocycles. The van der Waals surface area contributed by atoms with Crippen LogP contribution in [0, 0.1) is 0 Å². The first-order chi connectivity index (χ1) is 12.9. The molecular formula is C18H28N6O3. The molecule has 0 spiro atoms. The molecule has 3 rings (SSSR count). The van der Waals surface area contributed by atoms with Crippen molar-refractivity contribution in [3.63, 3.8) is 0 Å². The zero-order chi connectivity index (χ0) is 19.6. The van der Waals surface area contributed by atoms with Gasteiger partial charge in [-0.2, -0.15) is 0 Å². The van der Waals surface area contributed by atoms with Crippen LogP contribution in [0.2, 0.25) is 0 Å². The second kappa shape index (κ2) is 8.08. The van der Waals surface area contributed by atoms with E-state index in [1.807, 2.05) is 30.4 Å². The molecule has 2 aromatic rings. The Labute approximate surface area is 157 Å². The highest BCUT2D eigenvalue weighted by Crippen LogP contribution is 2.18. The third kappa shape index (κ3) is 4.29. The number of nitrogens with zero attached hydrogens (tertiary/aromatic N) is 4. The minimum atomic E-state index is -0.426. The highest BCUT2D eigenvalue weighted by molar-refractivity contribution is 5.78. The fraction of sp³-hybridized carbons (Fsp3) is 0.667. The molecule has 2 N–H and O–H groups in total. The van der Waals surface area contributed by atoms with Crippen LogP contribution in [0.4, 0.5) is 0 Å². The number of aromatic amines is 1. The smallest absolute Gasteiger partial charge is 0.330 e. The molecule has 0 aliphatic heterocycles. The van der Waals surface area contributed by atoms with Crippen molar-refractivity contribution >= 4 is 17.1 Å². The topological polar surface area (TPSA) is 105 Å². The van der Waals surface area contributed by atoms with Crippen molar-refractivity contribution in [2.45, 2.75) is 65.2 Å². The molecule has 0 radical (unpaired) electrons. The van der Waals surface area contributed by atoms with Crippen LogP contribution in [0.15, 0.2) is 9.59 Å². The number of rotatable bonds is 9. The summed E-state index contributed by atoms with van der Waals surface area (Å²) in [6, 6.07) is 0.331. The van der Waals surface area contributed by atoms with Gasteiger partial charge in [-0.05, 0) is 33.2 Å². The molecule has 2 aromatic heterocycles. The number of hydrogen-bond acceptors (Lipinski definition) is 5. The number of H-pyrrole nitrogens is 1. The number of aryl methyl sites for hydroxylation is 2. The third-order valence-corrected chi connectivity index (χ3v) is 4.78. The van der Waals surface area contributed by atoms with Crippen LogP contribution in [-0.2, 0) is 24.4 Å². The summed E-state index contributed by atoms with van der Waals surface area (Å²) in [6.45, 7) is 5.74. The first-order valence-corrected chi connectivity index (χ1v) is 9.64. The van der Waals surface area contributed by atoms with Crippen LogP contribution >= 0.6 is 0 Å². The summed E-state index contributed by atoms with van der Waals surface area (Å²) >= 11 is 0. The summed E-state index contributed by atoms with van der Waals surface area (Å²) in [5, 5.41) is 2.97. The molecule has 148 valence electrons. The van der Waals surface area contributed by atoms with Gasteiger partial charge in [-0.3, -0.25) is 24.0 Å². The Balaban J connectivity index is 1.90. The summed E-state index contributed by atoms with van der Waals surface area (Å²) in [6.07, 6.45) is 3.88. The van der Waals surface area contributed by atoms with Crippen molar-refractivity contribution < 1.29 is 4.79 Å². The van der Waals surface area contributed by atoms with E-state index in [1.54, 1.807) is 0 Å². The van der Waals surface area contributed by atoms with E-state index in [4.69, 9.17) is 0 Å². The number of amides is 1. The van der Waals surface area contributed by atoms with Crippen LogP contribution in [0.25, 0.3) is 11.2 Å². The van der Waals surface area contributed by atoms with Crippen LogP contribution in [0.3, 0.4) is 0 Å². The number of aromatic nitrogens is 4. The van der Waals surface area contributed by atoms with Gasteiger partial charge in [-0.15, -0.1) is 0 Å². The van der Waals surface area contributed by atoms with Crippen molar-refractivity contribution in [1.29, 1.82) is 0 Å². The van der Waals surface area contributed by atoms with Crippen LogP contribution < -0.4 is 16.6 Å². The summed E-state index contributed by atoms with van der Waals surface area (Å²) < 4.78 is 3.36. The largest absolute Gasteiger partial charge is 0.352 e. The second-order valence-electron chi connectivity index (χ2n) is 7.22. The summed E-state index contributed by atoms with van der Waals surface area (Å²) in [5.41, 5.74) is -0.00758. The van der Waals surface area contributed by atoms with Crippen LogP contribution in [0.1, 0.15) is 45.4 Å². The third-order valence-electron chi connectivity index (χ3n) is 4.78. The average molecular weight is 376 g/mol. The fourth-order valence-corrected chi connectivity index (χ4v) is 3.25. The highest BCUT2D eigenvalue weighted by atomic mass is 16.2. The molecule has 9 nitrogen and oxygen atoms in total. The van der Waals surface area contributed by atoms with Gasteiger partial charge in [0.2, 0.25) is 5.91 Å². The number of hydrogen-bond donors (Lipinski definition) is 2. The zero-order valence-corrected chi connectivity index (χ0v) is 16.2. The van der Waals surface area contributed by atoms with Crippen molar-refractivity contribution in [3.05, 3.63) is 26.7 Å². The van der Waals surface area contributed by atoms with Gasteiger partial charge in [-0.1, -0.05) is 13.3 Å². The van der Waals surface area contributed by atoms with E-state index in [0.29, 0.717) is 42.7 Å². The van der Waals surface area contributed by atoms with Gasteiger partial charge >= 0.3 is 5.69 Å². The number of nitrogens with one attached hydrogen (secondary N) is 2. The SMILES string of the molecule is CCCCn1c(=O)[nH]c(=O)c2c1nc(CN(C)CC(=O)NC1CC1)n2CC. The van der Waals surface area contributed by atoms with Gasteiger partial charge < -0.3 is 9.88 Å². The molecule has 1 aliphatic rings. The zero-order valence-electron chi connectivity index (χ0n) is 16.2. The first kappa shape index (κ1) is 19.3. The Morgan fingerprint density at radius 1 is 1.30 bits per heavy atom. The van der Waals surface area contributed by atoms with E-state index in [2.05, 4.69) is 15.3 Å². The van der Waals surface area contributed by atoms with Crippen molar-refractivity contribution in [2.24, 2.45) is 0 Å². The van der Waals surface area contributed by atoms with Crippen molar-refractivity contribution in [3.8, 4) is 0 Å². The molecule has 2 heterocycles. The number of unbranched alkanes of at least 4 members (excludes halogenated alkanes) is 1. The molecule has 1 aliphatic carbocycles. The van der Waals surface area contributed by atoms with E-state index in [-0.39, 0.29) is 12.5 Å². The number of fused-ring (bicyclic) bond motifs is 1. The van der Waals surface area contributed by atoms with Crippen LogP contribution in [0.5, 0.6) is 0 Å². The van der Waals surface area contributed by atoms with E-state index in [9.17, 15) is 14.4 Å². The number of carbonyl (C=O) groups is 1. The lowest BCUT2D eigenvalue weighted by molar-refractivity contribution is -0.122. The monoisotopic (exact) mass is 376 g/mol. The van der Waals surface area contributed by atoms with Crippen molar-refractivity contribution in [2.75, 3.05) is 13.6 Å². The molecule has 27 heavy (non-hydrogen) atoms. The summed E-state index contributed by atoms with van der Waals surface area (Å²) in [7, 11) is 1.85. The molecule has 9 heteroatoms. The molecule has 0 saturated heterocycles. The standard InChI is InChI=1S/C18H28N6O3/c1-4-6-9-24-16-15(17(26)21-18(24)27)23(5-2)13(20-16)10-22(3)11-14(25)19-12-7-8-12/h12H,4-11H2,1-3H3,(H,19,25)(H,21,26,27). The van der Waals surface area contributed by atoms with Crippen molar-refractivity contribution in [1.82, 2.24) is 29.3 Å². The predicted molar refractivity (Wildman–Crippen MR) is 103 cm³/mol. The molecule has 0 unspecified atom stereocenters. The van der Waals surface area contributed by atoms with E-state index in [1.165, 1.54) is 4.57 Å². The normalized spacial score (nSPS) is 14.2. The molecule has 1 fully saturated rings. The van der Waals surface area contributed by atoms with Gasteiger partial charge in [0.05, 0.1) is 13.1 Å². The minimum absolute atomic E-state index is 0.00291. The van der Waals surface area contributed by atoms with Gasteiger partial charge in [0.25, 0.3) is 5.56 Å². The average Bonchev–Trinajstić information content (AvgIpc) is 3.33. The Bertz CT molecular complexity index is 937. The Kier molecular flexibility index (Phi) is 5.79. The van der Waals surface area contributed by atoms with Gasteiger partial charge in [-0.25, -0.2) is 9.78 Å². The first-order valence-electron chi connectivity index (χ1n) is 9.64. The maximum atomic E-state index is 12.4. The van der Waals surface area contributed by atoms with E-state index in [0.717, 1.165) is 25.7 Å². The highest BCUT2D eigenvalue weighted by Gasteiger charge is 2.24. The van der Waals surface area contributed by atoms with E-state index >= 15 is 0 Å². The Morgan fingerprint density at radius 2 is 2.04 bits per heavy atom. The molecule has 1 amide bonds. The maximum Gasteiger partial charge on any atom is 0.330 e. The van der Waals surface area contributed by atoms with Gasteiger partial charge in [0.15, 0.2) is 11.2 Å². The quantitative estimate of drug-likeness (QED) is 0.660. The minimum Gasteiger partial charge on any atom is -0.352 e.